The highest BCUT2D eigenvalue weighted by Crippen LogP contribution is 2.20. The van der Waals surface area contributed by atoms with Crippen molar-refractivity contribution < 1.29 is 4.79 Å². The Kier molecular flexibility index (Phi) is 5.87. The van der Waals surface area contributed by atoms with Crippen LogP contribution in [0.25, 0.3) is 0 Å². The number of piperazine rings is 1. The molecule has 5 nitrogen and oxygen atoms in total. The van der Waals surface area contributed by atoms with Crippen LogP contribution < -0.4 is 5.73 Å². The predicted molar refractivity (Wildman–Crippen MR) is 96.9 cm³/mol. The summed E-state index contributed by atoms with van der Waals surface area (Å²) in [5.74, 6) is 0.144. The van der Waals surface area contributed by atoms with Crippen LogP contribution in [0.15, 0.2) is 24.3 Å². The highest BCUT2D eigenvalue weighted by Gasteiger charge is 2.26. The largest absolute Gasteiger partial charge is 0.334 e. The Hall–Kier alpha value is -1.43. The van der Waals surface area contributed by atoms with Crippen LogP contribution in [0.3, 0.4) is 0 Å². The molecule has 2 N–H and O–H groups in total. The van der Waals surface area contributed by atoms with Crippen molar-refractivity contribution in [3.63, 3.8) is 0 Å². The van der Waals surface area contributed by atoms with E-state index in [-0.39, 0.29) is 11.9 Å². The summed E-state index contributed by atoms with van der Waals surface area (Å²) in [6.45, 7) is 6.74. The zero-order chi connectivity index (χ0) is 16.9. The lowest BCUT2D eigenvalue weighted by Crippen LogP contribution is -2.47. The smallest absolute Gasteiger partial charge is 0.254 e. The van der Waals surface area contributed by atoms with E-state index in [0.717, 1.165) is 57.7 Å². The van der Waals surface area contributed by atoms with Gasteiger partial charge in [0.1, 0.15) is 0 Å². The van der Waals surface area contributed by atoms with E-state index >= 15 is 0 Å². The molecule has 5 heteroatoms. The number of nitrogens with two attached hydrogens (primary N) is 1. The van der Waals surface area contributed by atoms with Gasteiger partial charge in [-0.15, -0.1) is 0 Å². The second-order valence-electron chi connectivity index (χ2n) is 7.16. The quantitative estimate of drug-likeness (QED) is 0.906. The number of carbonyl (C=O) groups excluding carboxylic acids is 1. The molecule has 1 unspecified atom stereocenters. The number of hydrogen-bond acceptors (Lipinski definition) is 4. The molecule has 0 spiro atoms. The van der Waals surface area contributed by atoms with Gasteiger partial charge in [0.2, 0.25) is 0 Å². The van der Waals surface area contributed by atoms with Crippen LogP contribution in [0, 0.1) is 0 Å². The van der Waals surface area contributed by atoms with Crippen molar-refractivity contribution in [2.45, 2.75) is 31.8 Å². The molecular formula is C19H30N4O. The zero-order valence-electron chi connectivity index (χ0n) is 14.8. The van der Waals surface area contributed by atoms with Crippen LogP contribution in [0.5, 0.6) is 0 Å². The van der Waals surface area contributed by atoms with Gasteiger partial charge in [0, 0.05) is 57.4 Å². The van der Waals surface area contributed by atoms with Crippen LogP contribution in [0.2, 0.25) is 0 Å². The van der Waals surface area contributed by atoms with E-state index in [1.54, 1.807) is 0 Å². The molecule has 0 radical (unpaired) electrons. The van der Waals surface area contributed by atoms with E-state index in [0.29, 0.717) is 6.54 Å². The Morgan fingerprint density at radius 1 is 1.17 bits per heavy atom. The summed E-state index contributed by atoms with van der Waals surface area (Å²) in [5, 5.41) is 0. The first-order valence-electron chi connectivity index (χ1n) is 9.18. The molecule has 1 aromatic carbocycles. The summed E-state index contributed by atoms with van der Waals surface area (Å²) in [5.41, 5.74) is 7.91. The molecule has 2 fully saturated rings. The molecule has 24 heavy (non-hydrogen) atoms. The fraction of sp³-hybridized carbons (Fsp3) is 0.632. The van der Waals surface area contributed by atoms with Gasteiger partial charge in [0.05, 0.1) is 0 Å². The molecule has 2 heterocycles. The maximum atomic E-state index is 12.9. The molecule has 132 valence electrons. The fourth-order valence-electron chi connectivity index (χ4n) is 3.75. The molecule has 0 aliphatic carbocycles. The molecule has 0 bridgehead atoms. The van der Waals surface area contributed by atoms with Gasteiger partial charge in [0.15, 0.2) is 0 Å². The standard InChI is InChI=1S/C19H30N4O/c1-21-9-11-22(12-10-21)15-16-5-4-6-17(13-16)19(24)23-8-3-2-7-18(23)14-20/h4-6,13,18H,2-3,7-12,14-15,20H2,1H3. The van der Waals surface area contributed by atoms with Crippen molar-refractivity contribution in [3.8, 4) is 0 Å². The predicted octanol–water partition coefficient (Wildman–Crippen LogP) is 1.39. The SMILES string of the molecule is CN1CCN(Cc2cccc(C(=O)N3CCCCC3CN)c2)CC1. The summed E-state index contributed by atoms with van der Waals surface area (Å²) in [6.07, 6.45) is 3.29. The number of carbonyl (C=O) groups is 1. The van der Waals surface area contributed by atoms with Gasteiger partial charge < -0.3 is 15.5 Å². The Morgan fingerprint density at radius 3 is 2.71 bits per heavy atom. The zero-order valence-corrected chi connectivity index (χ0v) is 14.8. The number of likely N-dealkylation sites (tertiary alicyclic amines) is 1. The number of likely N-dealkylation sites (N-methyl/N-ethyl adjacent to an activating group) is 1. The number of rotatable bonds is 4. The van der Waals surface area contributed by atoms with Gasteiger partial charge in [-0.05, 0) is 44.0 Å². The van der Waals surface area contributed by atoms with Crippen molar-refractivity contribution in [3.05, 3.63) is 35.4 Å². The van der Waals surface area contributed by atoms with E-state index < -0.39 is 0 Å². The Labute approximate surface area is 145 Å². The third-order valence-electron chi connectivity index (χ3n) is 5.34. The van der Waals surface area contributed by atoms with Gasteiger partial charge in [-0.1, -0.05) is 12.1 Å². The van der Waals surface area contributed by atoms with Gasteiger partial charge in [-0.3, -0.25) is 9.69 Å². The van der Waals surface area contributed by atoms with Crippen LogP contribution >= 0.6 is 0 Å². The molecule has 3 rings (SSSR count). The lowest BCUT2D eigenvalue weighted by atomic mass is 10.0. The van der Waals surface area contributed by atoms with Crippen molar-refractivity contribution in [2.24, 2.45) is 5.73 Å². The maximum Gasteiger partial charge on any atom is 0.254 e. The van der Waals surface area contributed by atoms with Crippen molar-refractivity contribution in [1.29, 1.82) is 0 Å². The van der Waals surface area contributed by atoms with E-state index in [1.807, 2.05) is 17.0 Å². The van der Waals surface area contributed by atoms with Crippen LogP contribution in [0.1, 0.15) is 35.2 Å². The van der Waals surface area contributed by atoms with Crippen LogP contribution in [0.4, 0.5) is 0 Å². The molecule has 1 atom stereocenters. The highest BCUT2D eigenvalue weighted by atomic mass is 16.2. The van der Waals surface area contributed by atoms with Crippen molar-refractivity contribution in [2.75, 3.05) is 46.3 Å². The average Bonchev–Trinajstić information content (AvgIpc) is 2.63. The highest BCUT2D eigenvalue weighted by molar-refractivity contribution is 5.94. The van der Waals surface area contributed by atoms with E-state index in [2.05, 4.69) is 29.0 Å². The number of piperidine rings is 1. The first-order valence-corrected chi connectivity index (χ1v) is 9.18. The van der Waals surface area contributed by atoms with Gasteiger partial charge in [0.25, 0.3) is 5.91 Å². The first kappa shape index (κ1) is 17.4. The minimum absolute atomic E-state index is 0.144. The first-order chi connectivity index (χ1) is 11.7. The maximum absolute atomic E-state index is 12.9. The third kappa shape index (κ3) is 4.15. The topological polar surface area (TPSA) is 52.8 Å². The van der Waals surface area contributed by atoms with E-state index in [1.165, 1.54) is 12.0 Å². The number of nitrogens with zero attached hydrogens (tertiary/aromatic N) is 3. The summed E-state index contributed by atoms with van der Waals surface area (Å²) in [4.78, 5) is 19.7. The lowest BCUT2D eigenvalue weighted by molar-refractivity contribution is 0.0623. The molecule has 1 aromatic rings. The average molecular weight is 330 g/mol. The third-order valence-corrected chi connectivity index (χ3v) is 5.34. The summed E-state index contributed by atoms with van der Waals surface area (Å²) in [6, 6.07) is 8.36. The Morgan fingerprint density at radius 2 is 1.96 bits per heavy atom. The van der Waals surface area contributed by atoms with Crippen LogP contribution in [-0.2, 0) is 6.54 Å². The van der Waals surface area contributed by atoms with Crippen LogP contribution in [-0.4, -0.2) is 73.0 Å². The van der Waals surface area contributed by atoms with Crippen molar-refractivity contribution >= 4 is 5.91 Å². The molecule has 0 aromatic heterocycles. The molecular weight excluding hydrogens is 300 g/mol. The number of amides is 1. The monoisotopic (exact) mass is 330 g/mol. The number of hydrogen-bond donors (Lipinski definition) is 1. The number of benzene rings is 1. The second-order valence-corrected chi connectivity index (χ2v) is 7.16. The summed E-state index contributed by atoms with van der Waals surface area (Å²) in [7, 11) is 2.17. The summed E-state index contributed by atoms with van der Waals surface area (Å²) < 4.78 is 0. The normalized spacial score (nSPS) is 23.4. The molecule has 1 amide bonds. The van der Waals surface area contributed by atoms with Gasteiger partial charge >= 0.3 is 0 Å². The Balaban J connectivity index is 1.67. The minimum Gasteiger partial charge on any atom is -0.334 e. The van der Waals surface area contributed by atoms with E-state index in [9.17, 15) is 4.79 Å². The van der Waals surface area contributed by atoms with E-state index in [4.69, 9.17) is 5.73 Å². The summed E-state index contributed by atoms with van der Waals surface area (Å²) >= 11 is 0. The fourth-order valence-corrected chi connectivity index (χ4v) is 3.75. The second kappa shape index (κ2) is 8.10. The van der Waals surface area contributed by atoms with Gasteiger partial charge in [-0.2, -0.15) is 0 Å². The molecule has 2 aliphatic rings. The molecule has 0 saturated carbocycles. The molecule has 2 aliphatic heterocycles. The minimum atomic E-state index is 0.144. The lowest BCUT2D eigenvalue weighted by Gasteiger charge is -2.35. The molecule has 2 saturated heterocycles. The van der Waals surface area contributed by atoms with Gasteiger partial charge in [-0.25, -0.2) is 0 Å². The Bertz CT molecular complexity index is 554. The van der Waals surface area contributed by atoms with Crippen molar-refractivity contribution in [1.82, 2.24) is 14.7 Å².